The van der Waals surface area contributed by atoms with Crippen molar-refractivity contribution in [2.75, 3.05) is 19.8 Å². The van der Waals surface area contributed by atoms with Gasteiger partial charge in [0.1, 0.15) is 0 Å². The van der Waals surface area contributed by atoms with Crippen molar-refractivity contribution < 1.29 is 9.53 Å². The number of carbonyl (C=O) groups is 1. The van der Waals surface area contributed by atoms with Crippen molar-refractivity contribution in [1.82, 2.24) is 14.7 Å². The number of nitrogens with zero attached hydrogens (tertiary/aromatic N) is 3. The van der Waals surface area contributed by atoms with Crippen molar-refractivity contribution in [1.29, 1.82) is 0 Å². The Morgan fingerprint density at radius 1 is 1.27 bits per heavy atom. The van der Waals surface area contributed by atoms with Gasteiger partial charge in [0.25, 0.3) is 0 Å². The number of rotatable bonds is 7. The Hall–Kier alpha value is -2.14. The van der Waals surface area contributed by atoms with E-state index < -0.39 is 0 Å². The molecule has 1 saturated carbocycles. The largest absolute Gasteiger partial charge is 0.379 e. The van der Waals surface area contributed by atoms with Crippen molar-refractivity contribution >= 4 is 5.91 Å². The Bertz CT molecular complexity index is 752. The molecule has 26 heavy (non-hydrogen) atoms. The molecule has 0 radical (unpaired) electrons. The summed E-state index contributed by atoms with van der Waals surface area (Å²) in [6.07, 6.45) is 5.90. The smallest absolute Gasteiger partial charge is 0.227 e. The summed E-state index contributed by atoms with van der Waals surface area (Å²) in [5.74, 6) is 0.924. The molecule has 0 N–H and O–H groups in total. The van der Waals surface area contributed by atoms with Gasteiger partial charge in [-0.3, -0.25) is 9.48 Å². The van der Waals surface area contributed by atoms with Gasteiger partial charge in [0.2, 0.25) is 5.91 Å². The summed E-state index contributed by atoms with van der Waals surface area (Å²) in [4.78, 5) is 15.1. The molecule has 1 fully saturated rings. The Morgan fingerprint density at radius 3 is 2.81 bits per heavy atom. The van der Waals surface area contributed by atoms with E-state index in [2.05, 4.69) is 9.78 Å². The van der Waals surface area contributed by atoms with Crippen LogP contribution in [0.25, 0.3) is 0 Å². The van der Waals surface area contributed by atoms with Gasteiger partial charge in [-0.05, 0) is 43.2 Å². The van der Waals surface area contributed by atoms with Crippen molar-refractivity contribution in [2.24, 2.45) is 5.92 Å². The summed E-state index contributed by atoms with van der Waals surface area (Å²) in [6.45, 7) is 4.91. The van der Waals surface area contributed by atoms with Crippen LogP contribution < -0.4 is 0 Å². The van der Waals surface area contributed by atoms with Gasteiger partial charge in [-0.25, -0.2) is 0 Å². The highest BCUT2D eigenvalue weighted by Gasteiger charge is 2.35. The van der Waals surface area contributed by atoms with Crippen LogP contribution in [0.15, 0.2) is 36.5 Å². The maximum atomic E-state index is 13.1. The second-order valence-corrected chi connectivity index (χ2v) is 7.36. The molecule has 0 saturated heterocycles. The lowest BCUT2D eigenvalue weighted by atomic mass is 9.98. The first-order valence-electron chi connectivity index (χ1n) is 9.72. The van der Waals surface area contributed by atoms with E-state index in [9.17, 15) is 4.79 Å². The number of fused-ring (bicyclic) bond motifs is 1. The molecule has 0 bridgehead atoms. The van der Waals surface area contributed by atoms with Crippen molar-refractivity contribution in [2.45, 2.75) is 45.2 Å². The van der Waals surface area contributed by atoms with Gasteiger partial charge in [-0.1, -0.05) is 30.3 Å². The van der Waals surface area contributed by atoms with Gasteiger partial charge in [0.05, 0.1) is 31.0 Å². The molecule has 4 rings (SSSR count). The minimum Gasteiger partial charge on any atom is -0.379 e. The second-order valence-electron chi connectivity index (χ2n) is 7.36. The molecule has 0 spiro atoms. The molecule has 2 aromatic rings. The van der Waals surface area contributed by atoms with E-state index in [-0.39, 0.29) is 11.9 Å². The van der Waals surface area contributed by atoms with Crippen LogP contribution in [-0.4, -0.2) is 40.3 Å². The van der Waals surface area contributed by atoms with Crippen LogP contribution >= 0.6 is 0 Å². The molecular formula is C21H27N3O2. The number of carbonyl (C=O) groups excluding carboxylic acids is 1. The molecule has 2 aliphatic rings. The van der Waals surface area contributed by atoms with Crippen molar-refractivity contribution in [3.05, 3.63) is 53.3 Å². The van der Waals surface area contributed by atoms with Crippen LogP contribution in [0.1, 0.15) is 42.6 Å². The standard InChI is InChI=1S/C21H27N3O2/c1-2-26-15-19-21-18(13-22-24(21)14-17-8-9-17)10-11-23(19)20(25)12-16-6-4-3-5-7-16/h3-7,13,17,19H,2,8-12,14-15H2,1H3/t19-/m1/s1. The number of hydrogen-bond donors (Lipinski definition) is 0. The Labute approximate surface area is 154 Å². The van der Waals surface area contributed by atoms with Gasteiger partial charge in [-0.15, -0.1) is 0 Å². The minimum atomic E-state index is -0.0313. The van der Waals surface area contributed by atoms with Crippen molar-refractivity contribution in [3.63, 3.8) is 0 Å². The zero-order chi connectivity index (χ0) is 17.9. The highest BCUT2D eigenvalue weighted by Crippen LogP contribution is 2.35. The lowest BCUT2D eigenvalue weighted by molar-refractivity contribution is -0.135. The maximum Gasteiger partial charge on any atom is 0.227 e. The third-order valence-electron chi connectivity index (χ3n) is 5.40. The highest BCUT2D eigenvalue weighted by molar-refractivity contribution is 5.79. The van der Waals surface area contributed by atoms with Crippen LogP contribution in [0.3, 0.4) is 0 Å². The Balaban J connectivity index is 1.57. The molecule has 5 heteroatoms. The van der Waals surface area contributed by atoms with Crippen LogP contribution in [0.4, 0.5) is 0 Å². The Morgan fingerprint density at radius 2 is 2.08 bits per heavy atom. The van der Waals surface area contributed by atoms with Crippen LogP contribution in [-0.2, 0) is 28.9 Å². The van der Waals surface area contributed by atoms with Gasteiger partial charge in [0, 0.05) is 19.7 Å². The molecule has 1 aromatic carbocycles. The quantitative estimate of drug-likeness (QED) is 0.769. The predicted octanol–water partition coefficient (Wildman–Crippen LogP) is 3.00. The second kappa shape index (κ2) is 7.62. The molecule has 138 valence electrons. The van der Waals surface area contributed by atoms with Gasteiger partial charge >= 0.3 is 0 Å². The molecule has 2 heterocycles. The first-order valence-corrected chi connectivity index (χ1v) is 9.72. The molecule has 1 amide bonds. The predicted molar refractivity (Wildman–Crippen MR) is 99.7 cm³/mol. The SMILES string of the molecule is CCOC[C@@H]1c2c(cnn2CC2CC2)CCN1C(=O)Cc1ccccc1. The van der Waals surface area contributed by atoms with E-state index >= 15 is 0 Å². The number of amides is 1. The number of ether oxygens (including phenoxy) is 1. The minimum absolute atomic E-state index is 0.0313. The van der Waals surface area contributed by atoms with Gasteiger partial charge in [0.15, 0.2) is 0 Å². The Kier molecular flexibility index (Phi) is 5.07. The van der Waals surface area contributed by atoms with Gasteiger partial charge < -0.3 is 9.64 Å². The van der Waals surface area contributed by atoms with Crippen molar-refractivity contribution in [3.8, 4) is 0 Å². The number of hydrogen-bond acceptors (Lipinski definition) is 3. The monoisotopic (exact) mass is 353 g/mol. The average Bonchev–Trinajstić information content (AvgIpc) is 3.39. The van der Waals surface area contributed by atoms with E-state index in [0.717, 1.165) is 31.0 Å². The fourth-order valence-electron chi connectivity index (χ4n) is 3.82. The molecule has 1 atom stereocenters. The first kappa shape index (κ1) is 17.3. The summed E-state index contributed by atoms with van der Waals surface area (Å²) in [5, 5.41) is 4.64. The fourth-order valence-corrected chi connectivity index (χ4v) is 3.82. The highest BCUT2D eigenvalue weighted by atomic mass is 16.5. The summed E-state index contributed by atoms with van der Waals surface area (Å²) in [5.41, 5.74) is 3.53. The van der Waals surface area contributed by atoms with Crippen LogP contribution in [0, 0.1) is 5.92 Å². The topological polar surface area (TPSA) is 47.4 Å². The van der Waals surface area contributed by atoms with Crippen LogP contribution in [0.5, 0.6) is 0 Å². The third kappa shape index (κ3) is 3.68. The lowest BCUT2D eigenvalue weighted by Gasteiger charge is -2.36. The molecule has 1 aliphatic carbocycles. The van der Waals surface area contributed by atoms with E-state index in [1.165, 1.54) is 24.1 Å². The normalized spacial score (nSPS) is 19.4. The lowest BCUT2D eigenvalue weighted by Crippen LogP contribution is -2.43. The zero-order valence-electron chi connectivity index (χ0n) is 15.4. The summed E-state index contributed by atoms with van der Waals surface area (Å²) in [7, 11) is 0. The molecular weight excluding hydrogens is 326 g/mol. The van der Waals surface area contributed by atoms with Gasteiger partial charge in [-0.2, -0.15) is 5.10 Å². The molecule has 1 aromatic heterocycles. The molecule has 0 unspecified atom stereocenters. The summed E-state index contributed by atoms with van der Waals surface area (Å²) >= 11 is 0. The third-order valence-corrected chi connectivity index (χ3v) is 5.40. The van der Waals surface area contributed by atoms with E-state index in [4.69, 9.17) is 4.74 Å². The first-order chi connectivity index (χ1) is 12.8. The van der Waals surface area contributed by atoms with E-state index in [1.54, 1.807) is 0 Å². The maximum absolute atomic E-state index is 13.1. The molecule has 5 nitrogen and oxygen atoms in total. The average molecular weight is 353 g/mol. The number of benzene rings is 1. The summed E-state index contributed by atoms with van der Waals surface area (Å²) in [6, 6.07) is 9.95. The van der Waals surface area contributed by atoms with Crippen LogP contribution in [0.2, 0.25) is 0 Å². The summed E-state index contributed by atoms with van der Waals surface area (Å²) < 4.78 is 7.91. The zero-order valence-corrected chi connectivity index (χ0v) is 15.4. The molecule has 1 aliphatic heterocycles. The van der Waals surface area contributed by atoms with E-state index in [0.29, 0.717) is 19.6 Å². The fraction of sp³-hybridized carbons (Fsp3) is 0.524. The van der Waals surface area contributed by atoms with E-state index in [1.807, 2.05) is 48.4 Å². The number of aromatic nitrogens is 2.